The van der Waals surface area contributed by atoms with E-state index < -0.39 is 0 Å². The summed E-state index contributed by atoms with van der Waals surface area (Å²) in [5.74, 6) is -0.306. The molecule has 1 aliphatic carbocycles. The molecule has 0 amide bonds. The fourth-order valence-corrected chi connectivity index (χ4v) is 4.12. The molecule has 3 aromatic heterocycles. The maximum absolute atomic E-state index is 13.3. The van der Waals surface area contributed by atoms with Crippen LogP contribution in [0, 0.1) is 12.7 Å². The number of hydrogen-bond acceptors (Lipinski definition) is 5. The molecule has 0 N–H and O–H groups in total. The molecular formula is C20H19FN6O. The lowest BCUT2D eigenvalue weighted by Gasteiger charge is -2.23. The van der Waals surface area contributed by atoms with E-state index in [0.29, 0.717) is 17.0 Å². The second kappa shape index (κ2) is 6.47. The highest BCUT2D eigenvalue weighted by Gasteiger charge is 2.21. The van der Waals surface area contributed by atoms with Crippen molar-refractivity contribution in [2.75, 3.05) is 0 Å². The van der Waals surface area contributed by atoms with Crippen LogP contribution in [-0.4, -0.2) is 29.4 Å². The number of fused-ring (bicyclic) bond motifs is 3. The summed E-state index contributed by atoms with van der Waals surface area (Å²) in [4.78, 5) is 17.5. The Morgan fingerprint density at radius 3 is 2.54 bits per heavy atom. The zero-order valence-electron chi connectivity index (χ0n) is 15.5. The van der Waals surface area contributed by atoms with Gasteiger partial charge in [0.05, 0.1) is 11.3 Å². The molecular weight excluding hydrogens is 359 g/mol. The molecule has 0 atom stereocenters. The van der Waals surface area contributed by atoms with Gasteiger partial charge in [-0.05, 0) is 37.5 Å². The first-order chi connectivity index (χ1) is 13.6. The van der Waals surface area contributed by atoms with E-state index in [9.17, 15) is 9.18 Å². The topological polar surface area (TPSA) is 78.0 Å². The first-order valence-electron chi connectivity index (χ1n) is 9.52. The molecule has 0 bridgehead atoms. The van der Waals surface area contributed by atoms with Gasteiger partial charge >= 0.3 is 0 Å². The van der Waals surface area contributed by atoms with E-state index in [1.165, 1.54) is 18.6 Å². The molecule has 0 aliphatic heterocycles. The third kappa shape index (κ3) is 2.59. The van der Waals surface area contributed by atoms with Gasteiger partial charge in [-0.25, -0.2) is 9.37 Å². The molecule has 142 valence electrons. The first kappa shape index (κ1) is 17.0. The molecule has 28 heavy (non-hydrogen) atoms. The van der Waals surface area contributed by atoms with Crippen molar-refractivity contribution in [2.45, 2.75) is 45.1 Å². The van der Waals surface area contributed by atoms with Gasteiger partial charge in [0, 0.05) is 6.04 Å². The Morgan fingerprint density at radius 2 is 1.79 bits per heavy atom. The number of aromatic nitrogens is 6. The number of nitrogens with zero attached hydrogens (tertiary/aromatic N) is 6. The van der Waals surface area contributed by atoms with E-state index >= 15 is 0 Å². The largest absolute Gasteiger partial charge is 0.294 e. The summed E-state index contributed by atoms with van der Waals surface area (Å²) in [5.41, 5.74) is 3.19. The minimum absolute atomic E-state index is 0.171. The predicted octanol–water partition coefficient (Wildman–Crippen LogP) is 3.45. The van der Waals surface area contributed by atoms with Crippen LogP contribution in [0.1, 0.15) is 43.8 Å². The molecule has 1 saturated carbocycles. The predicted molar refractivity (Wildman–Crippen MR) is 103 cm³/mol. The maximum atomic E-state index is 13.3. The Bertz CT molecular complexity index is 1240. The second-order valence-corrected chi connectivity index (χ2v) is 7.32. The van der Waals surface area contributed by atoms with Crippen LogP contribution in [0.4, 0.5) is 4.39 Å². The molecule has 8 heteroatoms. The highest BCUT2D eigenvalue weighted by molar-refractivity contribution is 5.83. The minimum Gasteiger partial charge on any atom is -0.294 e. The highest BCUT2D eigenvalue weighted by Crippen LogP contribution is 2.29. The molecule has 1 fully saturated rings. The van der Waals surface area contributed by atoms with E-state index in [-0.39, 0.29) is 22.9 Å². The van der Waals surface area contributed by atoms with Crippen LogP contribution in [0.15, 0.2) is 35.4 Å². The van der Waals surface area contributed by atoms with E-state index in [1.54, 1.807) is 27.5 Å². The number of benzene rings is 1. The third-order valence-electron chi connectivity index (χ3n) is 5.54. The summed E-state index contributed by atoms with van der Waals surface area (Å²) in [6, 6.07) is 6.32. The summed E-state index contributed by atoms with van der Waals surface area (Å²) in [6.07, 6.45) is 7.04. The van der Waals surface area contributed by atoms with Gasteiger partial charge in [-0.2, -0.15) is 9.61 Å². The summed E-state index contributed by atoms with van der Waals surface area (Å²) in [6.45, 7) is 1.85. The molecule has 0 spiro atoms. The number of aryl methyl sites for hydroxylation is 1. The Labute approximate surface area is 159 Å². The van der Waals surface area contributed by atoms with Crippen LogP contribution in [0.3, 0.4) is 0 Å². The normalized spacial score (nSPS) is 15.5. The minimum atomic E-state index is -0.306. The van der Waals surface area contributed by atoms with Crippen LogP contribution in [0.2, 0.25) is 0 Å². The molecule has 5 rings (SSSR count). The van der Waals surface area contributed by atoms with E-state index in [0.717, 1.165) is 36.8 Å². The summed E-state index contributed by atoms with van der Waals surface area (Å²) >= 11 is 0. The molecule has 0 saturated heterocycles. The van der Waals surface area contributed by atoms with Crippen molar-refractivity contribution >= 4 is 16.8 Å². The van der Waals surface area contributed by atoms with Crippen molar-refractivity contribution < 1.29 is 4.39 Å². The standard InChI is InChI=1S/C20H19FN6O/c1-12-16(13-7-9-14(21)10-8-13)18-24-23-17-19(27(18)25-12)22-11-26(20(17)28)15-5-3-2-4-6-15/h7-11,15H,2-6H2,1H3. The zero-order chi connectivity index (χ0) is 19.3. The van der Waals surface area contributed by atoms with Gasteiger partial charge in [-0.15, -0.1) is 10.2 Å². The Balaban J connectivity index is 1.70. The van der Waals surface area contributed by atoms with Gasteiger partial charge in [0.2, 0.25) is 0 Å². The maximum Gasteiger partial charge on any atom is 0.283 e. The van der Waals surface area contributed by atoms with Crippen molar-refractivity contribution in [3.05, 3.63) is 52.5 Å². The average molecular weight is 378 g/mol. The lowest BCUT2D eigenvalue weighted by atomic mass is 9.95. The highest BCUT2D eigenvalue weighted by atomic mass is 19.1. The van der Waals surface area contributed by atoms with Gasteiger partial charge in [0.25, 0.3) is 5.56 Å². The average Bonchev–Trinajstić information content (AvgIpc) is 3.06. The van der Waals surface area contributed by atoms with E-state index in [4.69, 9.17) is 0 Å². The quantitative estimate of drug-likeness (QED) is 0.534. The van der Waals surface area contributed by atoms with Crippen LogP contribution >= 0.6 is 0 Å². The Morgan fingerprint density at radius 1 is 1.04 bits per heavy atom. The second-order valence-electron chi connectivity index (χ2n) is 7.32. The number of rotatable bonds is 2. The van der Waals surface area contributed by atoms with Gasteiger partial charge < -0.3 is 0 Å². The van der Waals surface area contributed by atoms with Crippen molar-refractivity contribution in [1.82, 2.24) is 29.4 Å². The van der Waals surface area contributed by atoms with Crippen molar-refractivity contribution in [3.8, 4) is 11.1 Å². The number of halogens is 1. The summed E-state index contributed by atoms with van der Waals surface area (Å²) in [5, 5.41) is 13.0. The van der Waals surface area contributed by atoms with Crippen LogP contribution in [0.5, 0.6) is 0 Å². The Hall–Kier alpha value is -3.16. The smallest absolute Gasteiger partial charge is 0.283 e. The van der Waals surface area contributed by atoms with E-state index in [1.807, 2.05) is 6.92 Å². The third-order valence-corrected chi connectivity index (χ3v) is 5.54. The zero-order valence-corrected chi connectivity index (χ0v) is 15.5. The lowest BCUT2D eigenvalue weighted by Crippen LogP contribution is -2.28. The lowest BCUT2D eigenvalue weighted by molar-refractivity contribution is 0.344. The SMILES string of the molecule is Cc1nn2c(nnc3c(=O)n(C4CCCCC4)cnc32)c1-c1ccc(F)cc1. The first-order valence-corrected chi connectivity index (χ1v) is 9.52. The summed E-state index contributed by atoms with van der Waals surface area (Å²) in [7, 11) is 0. The van der Waals surface area contributed by atoms with Gasteiger partial charge in [0.1, 0.15) is 12.1 Å². The van der Waals surface area contributed by atoms with Crippen molar-refractivity contribution in [3.63, 3.8) is 0 Å². The van der Waals surface area contributed by atoms with Crippen molar-refractivity contribution in [2.24, 2.45) is 0 Å². The van der Waals surface area contributed by atoms with Crippen LogP contribution < -0.4 is 5.56 Å². The monoisotopic (exact) mass is 378 g/mol. The molecule has 1 aliphatic rings. The van der Waals surface area contributed by atoms with Crippen LogP contribution in [0.25, 0.3) is 27.9 Å². The van der Waals surface area contributed by atoms with Gasteiger partial charge in [0.15, 0.2) is 16.8 Å². The van der Waals surface area contributed by atoms with Crippen molar-refractivity contribution in [1.29, 1.82) is 0 Å². The molecule has 0 unspecified atom stereocenters. The molecule has 4 aromatic rings. The van der Waals surface area contributed by atoms with Gasteiger partial charge in [-0.1, -0.05) is 31.4 Å². The van der Waals surface area contributed by atoms with E-state index in [2.05, 4.69) is 20.3 Å². The number of hydrogen-bond donors (Lipinski definition) is 0. The van der Waals surface area contributed by atoms with Crippen LogP contribution in [-0.2, 0) is 0 Å². The molecule has 7 nitrogen and oxygen atoms in total. The Kier molecular flexibility index (Phi) is 3.92. The molecule has 3 heterocycles. The molecule has 0 radical (unpaired) electrons. The van der Waals surface area contributed by atoms with Gasteiger partial charge in [-0.3, -0.25) is 9.36 Å². The fraction of sp³-hybridized carbons (Fsp3) is 0.350. The molecule has 1 aromatic carbocycles. The fourth-order valence-electron chi connectivity index (χ4n) is 4.12. The summed E-state index contributed by atoms with van der Waals surface area (Å²) < 4.78 is 16.5.